The topological polar surface area (TPSA) is 57.4 Å². The number of aromatic nitrogens is 1. The second-order valence-corrected chi connectivity index (χ2v) is 4.89. The molecule has 0 bridgehead atoms. The van der Waals surface area contributed by atoms with Crippen LogP contribution in [0.3, 0.4) is 0 Å². The molecule has 4 nitrogen and oxygen atoms in total. The minimum Gasteiger partial charge on any atom is -0.497 e. The van der Waals surface area contributed by atoms with Crippen molar-refractivity contribution < 1.29 is 9.47 Å². The van der Waals surface area contributed by atoms with Gasteiger partial charge in [-0.3, -0.25) is 0 Å². The molecule has 0 unspecified atom stereocenters. The van der Waals surface area contributed by atoms with Crippen molar-refractivity contribution in [2.75, 3.05) is 7.11 Å². The first kappa shape index (κ1) is 12.9. The Hall–Kier alpha value is -1.59. The van der Waals surface area contributed by atoms with E-state index in [0.717, 1.165) is 27.8 Å². The zero-order chi connectivity index (χ0) is 13.0. The molecule has 0 radical (unpaired) electrons. The first-order valence-corrected chi connectivity index (χ1v) is 6.51. The smallest absolute Gasteiger partial charge is 0.131 e. The zero-order valence-electron chi connectivity index (χ0n) is 10.5. The Kier molecular flexibility index (Phi) is 4.17. The molecule has 5 heteroatoms. The van der Waals surface area contributed by atoms with Crippen molar-refractivity contribution >= 4 is 11.3 Å². The van der Waals surface area contributed by atoms with Gasteiger partial charge in [0.1, 0.15) is 18.1 Å². The van der Waals surface area contributed by atoms with E-state index >= 15 is 0 Å². The standard InChI is InChI=1S/C13H16N2O2S/c1-9-15-11(8-18-9)7-17-13-5-12(16-2)4-3-10(13)6-14/h3-5,8H,6-7,14H2,1-2H3. The molecule has 0 amide bonds. The molecule has 0 saturated carbocycles. The lowest BCUT2D eigenvalue weighted by Gasteiger charge is -2.11. The van der Waals surface area contributed by atoms with Crippen LogP contribution in [-0.2, 0) is 13.2 Å². The van der Waals surface area contributed by atoms with Gasteiger partial charge in [-0.05, 0) is 13.0 Å². The fraction of sp³-hybridized carbons (Fsp3) is 0.308. The highest BCUT2D eigenvalue weighted by molar-refractivity contribution is 7.09. The summed E-state index contributed by atoms with van der Waals surface area (Å²) in [5, 5.41) is 3.04. The number of nitrogens with two attached hydrogens (primary N) is 1. The molecular formula is C13H16N2O2S. The molecule has 18 heavy (non-hydrogen) atoms. The van der Waals surface area contributed by atoms with Crippen LogP contribution in [0, 0.1) is 6.92 Å². The lowest BCUT2D eigenvalue weighted by atomic mass is 10.2. The van der Waals surface area contributed by atoms with Gasteiger partial charge in [-0.1, -0.05) is 6.07 Å². The van der Waals surface area contributed by atoms with Crippen molar-refractivity contribution in [3.63, 3.8) is 0 Å². The Bertz CT molecular complexity index is 525. The van der Waals surface area contributed by atoms with Crippen LogP contribution in [0.15, 0.2) is 23.6 Å². The maximum Gasteiger partial charge on any atom is 0.131 e. The highest BCUT2D eigenvalue weighted by Gasteiger charge is 2.06. The van der Waals surface area contributed by atoms with Crippen molar-refractivity contribution in [1.29, 1.82) is 0 Å². The van der Waals surface area contributed by atoms with Crippen LogP contribution < -0.4 is 15.2 Å². The quantitative estimate of drug-likeness (QED) is 0.901. The van der Waals surface area contributed by atoms with Crippen molar-refractivity contribution in [2.24, 2.45) is 5.73 Å². The average molecular weight is 264 g/mol. The Balaban J connectivity index is 2.11. The molecule has 0 aliphatic rings. The highest BCUT2D eigenvalue weighted by atomic mass is 32.1. The fourth-order valence-electron chi connectivity index (χ4n) is 1.59. The summed E-state index contributed by atoms with van der Waals surface area (Å²) in [5.74, 6) is 1.51. The summed E-state index contributed by atoms with van der Waals surface area (Å²) in [4.78, 5) is 4.35. The van der Waals surface area contributed by atoms with Gasteiger partial charge < -0.3 is 15.2 Å². The van der Waals surface area contributed by atoms with Crippen molar-refractivity contribution in [3.05, 3.63) is 39.8 Å². The fourth-order valence-corrected chi connectivity index (χ4v) is 2.19. The summed E-state index contributed by atoms with van der Waals surface area (Å²) in [7, 11) is 1.63. The summed E-state index contributed by atoms with van der Waals surface area (Å²) in [6.07, 6.45) is 0. The Labute approximate surface area is 110 Å². The summed E-state index contributed by atoms with van der Waals surface area (Å²) in [5.41, 5.74) is 7.58. The van der Waals surface area contributed by atoms with E-state index in [9.17, 15) is 0 Å². The number of hydrogen-bond donors (Lipinski definition) is 1. The van der Waals surface area contributed by atoms with Crippen molar-refractivity contribution in [3.8, 4) is 11.5 Å². The first-order valence-electron chi connectivity index (χ1n) is 5.63. The van der Waals surface area contributed by atoms with E-state index in [2.05, 4.69) is 4.98 Å². The SMILES string of the molecule is COc1ccc(CN)c(OCc2csc(C)n2)c1. The third-order valence-corrected chi connectivity index (χ3v) is 3.36. The van der Waals surface area contributed by atoms with Crippen LogP contribution in [0.2, 0.25) is 0 Å². The first-order chi connectivity index (χ1) is 8.72. The van der Waals surface area contributed by atoms with Gasteiger partial charge in [0, 0.05) is 23.6 Å². The Morgan fingerprint density at radius 1 is 1.39 bits per heavy atom. The van der Waals surface area contributed by atoms with Crippen molar-refractivity contribution in [2.45, 2.75) is 20.1 Å². The van der Waals surface area contributed by atoms with Crippen LogP contribution in [0.1, 0.15) is 16.3 Å². The molecule has 0 saturated heterocycles. The molecule has 1 aromatic carbocycles. The summed E-state index contributed by atoms with van der Waals surface area (Å²) in [6, 6.07) is 5.64. The molecule has 0 aliphatic carbocycles. The van der Waals surface area contributed by atoms with Crippen LogP contribution >= 0.6 is 11.3 Å². The number of ether oxygens (including phenoxy) is 2. The number of rotatable bonds is 5. The van der Waals surface area contributed by atoms with Gasteiger partial charge in [-0.25, -0.2) is 4.98 Å². The van der Waals surface area contributed by atoms with Gasteiger partial charge in [0.15, 0.2) is 0 Å². The molecule has 0 fully saturated rings. The van der Waals surface area contributed by atoms with Crippen LogP contribution in [0.25, 0.3) is 0 Å². The normalized spacial score (nSPS) is 10.4. The predicted molar refractivity (Wildman–Crippen MR) is 72.1 cm³/mol. The molecule has 2 aromatic rings. The summed E-state index contributed by atoms with van der Waals surface area (Å²) >= 11 is 1.62. The Morgan fingerprint density at radius 2 is 2.22 bits per heavy atom. The second-order valence-electron chi connectivity index (χ2n) is 3.82. The van der Waals surface area contributed by atoms with Crippen LogP contribution in [0.5, 0.6) is 11.5 Å². The van der Waals surface area contributed by atoms with Gasteiger partial charge in [0.2, 0.25) is 0 Å². The van der Waals surface area contributed by atoms with E-state index in [1.165, 1.54) is 0 Å². The Morgan fingerprint density at radius 3 is 2.83 bits per heavy atom. The molecule has 96 valence electrons. The number of thiazole rings is 1. The van der Waals surface area contributed by atoms with Gasteiger partial charge in [0.05, 0.1) is 17.8 Å². The number of hydrogen-bond acceptors (Lipinski definition) is 5. The third kappa shape index (κ3) is 3.00. The third-order valence-electron chi connectivity index (χ3n) is 2.54. The molecule has 2 rings (SSSR count). The molecule has 0 spiro atoms. The zero-order valence-corrected chi connectivity index (χ0v) is 11.3. The van der Waals surface area contributed by atoms with E-state index in [4.69, 9.17) is 15.2 Å². The van der Waals surface area contributed by atoms with Gasteiger partial charge in [-0.15, -0.1) is 11.3 Å². The van der Waals surface area contributed by atoms with E-state index in [1.807, 2.05) is 30.5 Å². The molecule has 2 N–H and O–H groups in total. The summed E-state index contributed by atoms with van der Waals surface area (Å²) < 4.78 is 10.9. The lowest BCUT2D eigenvalue weighted by Crippen LogP contribution is -2.03. The minimum absolute atomic E-state index is 0.440. The number of aryl methyl sites for hydroxylation is 1. The van der Waals surface area contributed by atoms with Gasteiger partial charge in [0.25, 0.3) is 0 Å². The van der Waals surface area contributed by atoms with Gasteiger partial charge in [-0.2, -0.15) is 0 Å². The number of benzene rings is 1. The maximum atomic E-state index is 5.75. The van der Waals surface area contributed by atoms with Gasteiger partial charge >= 0.3 is 0 Å². The minimum atomic E-state index is 0.440. The molecule has 0 atom stereocenters. The monoisotopic (exact) mass is 264 g/mol. The predicted octanol–water partition coefficient (Wildman–Crippen LogP) is 2.50. The molecule has 0 aliphatic heterocycles. The number of nitrogens with zero attached hydrogens (tertiary/aromatic N) is 1. The summed E-state index contributed by atoms with van der Waals surface area (Å²) in [6.45, 7) is 2.87. The van der Waals surface area contributed by atoms with Crippen molar-refractivity contribution in [1.82, 2.24) is 4.98 Å². The molecular weight excluding hydrogens is 248 g/mol. The highest BCUT2D eigenvalue weighted by Crippen LogP contribution is 2.25. The second kappa shape index (κ2) is 5.84. The molecule has 1 aromatic heterocycles. The largest absolute Gasteiger partial charge is 0.497 e. The van der Waals surface area contributed by atoms with Crippen LogP contribution in [0.4, 0.5) is 0 Å². The maximum absolute atomic E-state index is 5.75. The van der Waals surface area contributed by atoms with E-state index < -0.39 is 0 Å². The average Bonchev–Trinajstić information content (AvgIpc) is 2.81. The van der Waals surface area contributed by atoms with Crippen LogP contribution in [-0.4, -0.2) is 12.1 Å². The van der Waals surface area contributed by atoms with E-state index in [-0.39, 0.29) is 0 Å². The van der Waals surface area contributed by atoms with E-state index in [0.29, 0.717) is 13.2 Å². The number of methoxy groups -OCH3 is 1. The molecule has 1 heterocycles. The lowest BCUT2D eigenvalue weighted by molar-refractivity contribution is 0.296. The van der Waals surface area contributed by atoms with E-state index in [1.54, 1.807) is 18.4 Å².